The third kappa shape index (κ3) is 22.6. The van der Waals surface area contributed by atoms with Gasteiger partial charge in [0.1, 0.15) is 73.2 Å². The van der Waals surface area contributed by atoms with E-state index in [-0.39, 0.29) is 18.9 Å². The third-order valence-electron chi connectivity index (χ3n) is 13.7. The Morgan fingerprint density at radius 2 is 0.901 bits per heavy atom. The zero-order valence-electron chi connectivity index (χ0n) is 42.7. The predicted molar refractivity (Wildman–Crippen MR) is 263 cm³/mol. The van der Waals surface area contributed by atoms with Gasteiger partial charge in [0.05, 0.1) is 38.6 Å². The van der Waals surface area contributed by atoms with Crippen molar-refractivity contribution in [2.24, 2.45) is 0 Å². The largest absolute Gasteiger partial charge is 0.394 e. The average molecular weight is 1020 g/mol. The molecule has 0 aliphatic carbocycles. The van der Waals surface area contributed by atoms with E-state index in [0.717, 1.165) is 19.3 Å². The fourth-order valence-corrected chi connectivity index (χ4v) is 9.25. The molecule has 3 heterocycles. The standard InChI is InChI=1S/C52H95NO18/c1-3-5-6-7-8-9-10-11-12-13-14-15-16-17-18-19-20-21-22-23-24-25-26-27-28-30-36(57)35(53-40(58)29-4-2)34-66-50-46(64)43(61)48(38(32-55)68-50)71-52-47(65)44(62)49(39(33-56)69-52)70-51-45(63)42(60)41(59)37(31-54)67-51/h24-25,28,30,35-39,41-52,54-57,59-65H,3-23,26-27,29,31-34H2,1-2H3,(H,53,58)/b25-24+,30-28+. The van der Waals surface area contributed by atoms with E-state index in [2.05, 4.69) is 24.4 Å². The van der Waals surface area contributed by atoms with Crippen LogP contribution in [0.5, 0.6) is 0 Å². The second kappa shape index (κ2) is 37.1. The minimum absolute atomic E-state index is 0.186. The van der Waals surface area contributed by atoms with Crippen molar-refractivity contribution in [2.75, 3.05) is 26.4 Å². The number of aliphatic hydroxyl groups excluding tert-OH is 11. The Morgan fingerprint density at radius 3 is 1.38 bits per heavy atom. The molecule has 3 rings (SSSR count). The fourth-order valence-electron chi connectivity index (χ4n) is 9.25. The highest BCUT2D eigenvalue weighted by molar-refractivity contribution is 5.76. The lowest BCUT2D eigenvalue weighted by Gasteiger charge is -2.48. The van der Waals surface area contributed by atoms with Gasteiger partial charge >= 0.3 is 0 Å². The number of allylic oxidation sites excluding steroid dienone is 3. The fraction of sp³-hybridized carbons (Fsp3) is 0.904. The van der Waals surface area contributed by atoms with Crippen molar-refractivity contribution in [1.29, 1.82) is 0 Å². The monoisotopic (exact) mass is 1020 g/mol. The van der Waals surface area contributed by atoms with E-state index in [1.165, 1.54) is 116 Å². The zero-order chi connectivity index (χ0) is 52.0. The first-order chi connectivity index (χ1) is 34.3. The zero-order valence-corrected chi connectivity index (χ0v) is 42.7. The third-order valence-corrected chi connectivity index (χ3v) is 13.7. The van der Waals surface area contributed by atoms with Crippen LogP contribution in [-0.2, 0) is 33.2 Å². The van der Waals surface area contributed by atoms with Crippen molar-refractivity contribution in [3.05, 3.63) is 24.3 Å². The van der Waals surface area contributed by atoms with Gasteiger partial charge in [-0.05, 0) is 32.1 Å². The minimum atomic E-state index is -1.98. The van der Waals surface area contributed by atoms with Crippen molar-refractivity contribution in [1.82, 2.24) is 5.32 Å². The molecule has 1 amide bonds. The Bertz CT molecular complexity index is 1410. The van der Waals surface area contributed by atoms with E-state index in [4.69, 9.17) is 28.4 Å². The molecule has 3 fully saturated rings. The van der Waals surface area contributed by atoms with Crippen LogP contribution in [0.4, 0.5) is 0 Å². The first-order valence-corrected chi connectivity index (χ1v) is 27.1. The maximum absolute atomic E-state index is 12.6. The number of rotatable bonds is 38. The van der Waals surface area contributed by atoms with E-state index in [9.17, 15) is 61.0 Å². The number of hydrogen-bond acceptors (Lipinski definition) is 18. The lowest BCUT2D eigenvalue weighted by molar-refractivity contribution is -0.379. The Labute approximate surface area is 422 Å². The second-order valence-corrected chi connectivity index (χ2v) is 19.7. The number of ether oxygens (including phenoxy) is 6. The van der Waals surface area contributed by atoms with Crippen LogP contribution in [0.3, 0.4) is 0 Å². The molecule has 17 atom stereocenters. The number of aliphatic hydroxyl groups is 11. The number of carbonyl (C=O) groups excluding carboxylic acids is 1. The number of amides is 1. The maximum atomic E-state index is 12.6. The Hall–Kier alpha value is -1.73. The molecular formula is C52H95NO18. The van der Waals surface area contributed by atoms with Gasteiger partial charge < -0.3 is 89.9 Å². The lowest BCUT2D eigenvalue weighted by atomic mass is 9.96. The van der Waals surface area contributed by atoms with Crippen LogP contribution in [0.15, 0.2) is 24.3 Å². The van der Waals surface area contributed by atoms with Crippen LogP contribution < -0.4 is 5.32 Å². The molecule has 416 valence electrons. The van der Waals surface area contributed by atoms with Gasteiger partial charge in [-0.15, -0.1) is 0 Å². The van der Waals surface area contributed by atoms with Crippen LogP contribution in [0.2, 0.25) is 0 Å². The van der Waals surface area contributed by atoms with Crippen molar-refractivity contribution in [3.63, 3.8) is 0 Å². The predicted octanol–water partition coefficient (Wildman–Crippen LogP) is 2.81. The molecule has 0 bridgehead atoms. The van der Waals surface area contributed by atoms with Gasteiger partial charge in [0.2, 0.25) is 5.91 Å². The summed E-state index contributed by atoms with van der Waals surface area (Å²) >= 11 is 0. The molecule has 0 aromatic heterocycles. The molecule has 0 aromatic carbocycles. The summed E-state index contributed by atoms with van der Waals surface area (Å²) < 4.78 is 33.8. The summed E-state index contributed by atoms with van der Waals surface area (Å²) in [6.07, 6.45) is 9.78. The normalized spacial score (nSPS) is 32.4. The van der Waals surface area contributed by atoms with E-state index in [1.807, 2.05) is 13.0 Å². The highest BCUT2D eigenvalue weighted by Gasteiger charge is 2.53. The van der Waals surface area contributed by atoms with E-state index < -0.39 is 124 Å². The van der Waals surface area contributed by atoms with Crippen LogP contribution in [0.1, 0.15) is 168 Å². The molecular weight excluding hydrogens is 927 g/mol. The average Bonchev–Trinajstić information content (AvgIpc) is 3.36. The molecule has 3 aliphatic rings. The first kappa shape index (κ1) is 63.6. The molecule has 71 heavy (non-hydrogen) atoms. The van der Waals surface area contributed by atoms with Gasteiger partial charge in [-0.1, -0.05) is 154 Å². The first-order valence-electron chi connectivity index (χ1n) is 27.1. The van der Waals surface area contributed by atoms with E-state index >= 15 is 0 Å². The molecule has 3 aliphatic heterocycles. The molecule has 19 heteroatoms. The highest BCUT2D eigenvalue weighted by atomic mass is 16.8. The van der Waals surface area contributed by atoms with E-state index in [1.54, 1.807) is 6.08 Å². The number of nitrogens with one attached hydrogen (secondary N) is 1. The van der Waals surface area contributed by atoms with Gasteiger partial charge in [0.25, 0.3) is 0 Å². The highest BCUT2D eigenvalue weighted by Crippen LogP contribution is 2.33. The van der Waals surface area contributed by atoms with E-state index in [0.29, 0.717) is 12.8 Å². The van der Waals surface area contributed by atoms with Crippen molar-refractivity contribution in [2.45, 2.75) is 272 Å². The van der Waals surface area contributed by atoms with Gasteiger partial charge in [-0.25, -0.2) is 0 Å². The van der Waals surface area contributed by atoms with Crippen molar-refractivity contribution < 1.29 is 89.4 Å². The van der Waals surface area contributed by atoms with Gasteiger partial charge in [0, 0.05) is 6.42 Å². The Balaban J connectivity index is 1.37. The van der Waals surface area contributed by atoms with Gasteiger partial charge in [-0.3, -0.25) is 4.79 Å². The molecule has 17 unspecified atom stereocenters. The van der Waals surface area contributed by atoms with Crippen molar-refractivity contribution in [3.8, 4) is 0 Å². The molecule has 0 radical (unpaired) electrons. The number of carbonyl (C=O) groups is 1. The molecule has 0 aromatic rings. The molecule has 12 N–H and O–H groups in total. The number of hydrogen-bond donors (Lipinski definition) is 12. The summed E-state index contributed by atoms with van der Waals surface area (Å²) in [5, 5.41) is 119. The van der Waals surface area contributed by atoms with Gasteiger partial charge in [-0.2, -0.15) is 0 Å². The summed E-state index contributed by atoms with van der Waals surface area (Å²) in [7, 11) is 0. The quantitative estimate of drug-likeness (QED) is 0.0313. The van der Waals surface area contributed by atoms with Crippen LogP contribution in [0.25, 0.3) is 0 Å². The lowest BCUT2D eigenvalue weighted by Crippen LogP contribution is -2.66. The Kier molecular flexibility index (Phi) is 33.2. The summed E-state index contributed by atoms with van der Waals surface area (Å²) in [5.74, 6) is -0.339. The molecule has 19 nitrogen and oxygen atoms in total. The van der Waals surface area contributed by atoms with Gasteiger partial charge in [0.15, 0.2) is 18.9 Å². The van der Waals surface area contributed by atoms with Crippen LogP contribution in [0, 0.1) is 0 Å². The SMILES string of the molecule is CCCCCCCCCCCCCCCCCCCCC/C=C/CC/C=C/C(O)C(COC1OC(CO)C(OC2OC(CO)C(OC3OC(CO)C(O)C(O)C3O)C(O)C2O)C(O)C1O)NC(=O)CCC. The van der Waals surface area contributed by atoms with Crippen molar-refractivity contribution >= 4 is 5.91 Å². The minimum Gasteiger partial charge on any atom is -0.394 e. The number of unbranched alkanes of at least 4 members (excludes halogenated alkanes) is 20. The molecule has 0 saturated carbocycles. The second-order valence-electron chi connectivity index (χ2n) is 19.7. The van der Waals surface area contributed by atoms with Crippen LogP contribution in [-0.4, -0.2) is 193 Å². The molecule has 0 spiro atoms. The summed E-state index contributed by atoms with van der Waals surface area (Å²) in [6, 6.07) is -0.981. The molecule has 3 saturated heterocycles. The maximum Gasteiger partial charge on any atom is 0.220 e. The smallest absolute Gasteiger partial charge is 0.220 e. The Morgan fingerprint density at radius 1 is 0.493 bits per heavy atom. The summed E-state index contributed by atoms with van der Waals surface area (Å²) in [4.78, 5) is 12.6. The summed E-state index contributed by atoms with van der Waals surface area (Å²) in [6.45, 7) is 1.30. The van der Waals surface area contributed by atoms with Crippen LogP contribution >= 0.6 is 0 Å². The summed E-state index contributed by atoms with van der Waals surface area (Å²) in [5.41, 5.74) is 0. The topological polar surface area (TPSA) is 307 Å².